The molecule has 4 aromatic rings. The van der Waals surface area contributed by atoms with Crippen LogP contribution in [0.4, 0.5) is 0 Å². The molecule has 15 heteroatoms. The van der Waals surface area contributed by atoms with Crippen LogP contribution >= 0.6 is 23.2 Å². The number of nitrogens with zero attached hydrogens (tertiary/aromatic N) is 3. The number of pyridine rings is 1. The van der Waals surface area contributed by atoms with Crippen LogP contribution in [0.1, 0.15) is 58.3 Å². The Morgan fingerprint density at radius 1 is 1.04 bits per heavy atom. The van der Waals surface area contributed by atoms with Crippen molar-refractivity contribution in [1.29, 1.82) is 0 Å². The molecule has 1 atom stereocenters. The SMILES string of the molecule is Cc1nc2c(OCc3c(Cl)ccc(S(=O)(=O)N4CCC[C@H]4C(=O)NCCCNC(=O)c4ccc(C5NN5)cc4)c3Cl)cccn2c1C. The number of imidazole rings is 1. The number of hydrazine groups is 1. The molecule has 2 aliphatic rings. The number of benzene rings is 2. The van der Waals surface area contributed by atoms with Crippen molar-refractivity contribution in [3.8, 4) is 5.75 Å². The summed E-state index contributed by atoms with van der Waals surface area (Å²) in [5, 5.41) is 5.86. The zero-order chi connectivity index (χ0) is 33.3. The molecule has 12 nitrogen and oxygen atoms in total. The summed E-state index contributed by atoms with van der Waals surface area (Å²) in [4.78, 5) is 30.0. The van der Waals surface area contributed by atoms with Crippen LogP contribution < -0.4 is 26.2 Å². The minimum atomic E-state index is -4.16. The van der Waals surface area contributed by atoms with Gasteiger partial charge >= 0.3 is 0 Å². The Kier molecular flexibility index (Phi) is 9.74. The van der Waals surface area contributed by atoms with Crippen LogP contribution in [0.25, 0.3) is 5.65 Å². The minimum Gasteiger partial charge on any atom is -0.485 e. The molecule has 0 aliphatic carbocycles. The third-order valence-corrected chi connectivity index (χ3v) is 11.3. The molecule has 2 aromatic carbocycles. The lowest BCUT2D eigenvalue weighted by Gasteiger charge is -2.24. The van der Waals surface area contributed by atoms with E-state index in [1.165, 1.54) is 16.4 Å². The Bertz CT molecular complexity index is 1930. The highest BCUT2D eigenvalue weighted by molar-refractivity contribution is 7.89. The van der Waals surface area contributed by atoms with Gasteiger partial charge in [0.15, 0.2) is 11.4 Å². The fourth-order valence-corrected chi connectivity index (χ4v) is 8.14. The van der Waals surface area contributed by atoms with Crippen molar-refractivity contribution >= 4 is 50.7 Å². The highest BCUT2D eigenvalue weighted by Gasteiger charge is 2.40. The largest absolute Gasteiger partial charge is 0.485 e. The van der Waals surface area contributed by atoms with E-state index in [0.29, 0.717) is 48.3 Å². The van der Waals surface area contributed by atoms with Gasteiger partial charge in [-0.3, -0.25) is 9.59 Å². The molecule has 0 bridgehead atoms. The Morgan fingerprint density at radius 2 is 1.79 bits per heavy atom. The summed E-state index contributed by atoms with van der Waals surface area (Å²) in [5.74, 6) is -0.110. The maximum absolute atomic E-state index is 13.9. The monoisotopic (exact) mass is 699 g/mol. The zero-order valence-corrected chi connectivity index (χ0v) is 28.2. The summed E-state index contributed by atoms with van der Waals surface area (Å²) in [6.07, 6.45) is 3.39. The predicted molar refractivity (Wildman–Crippen MR) is 178 cm³/mol. The molecule has 6 rings (SSSR count). The molecule has 248 valence electrons. The van der Waals surface area contributed by atoms with E-state index in [-0.39, 0.29) is 46.7 Å². The average Bonchev–Trinajstić information content (AvgIpc) is 3.70. The van der Waals surface area contributed by atoms with Gasteiger partial charge in [0.05, 0.1) is 10.7 Å². The lowest BCUT2D eigenvalue weighted by molar-refractivity contribution is -0.124. The molecule has 4 N–H and O–H groups in total. The average molecular weight is 701 g/mol. The first-order valence-corrected chi connectivity index (χ1v) is 17.5. The standard InChI is InChI=1S/C32H35Cl2N7O5S/c1-19-20(2)40-16-4-7-26(30(40)37-19)46-18-23-24(33)12-13-27(28(23)34)47(44,45)41-17-3-6-25(41)32(43)36-15-5-14-35-31(42)22-10-8-21(9-11-22)29-38-39-29/h4,7-13,16,25,29,38-39H,3,5-6,14-15,17-18H2,1-2H3,(H,35,42)(H,36,43)/t25-/m0/s1. The highest BCUT2D eigenvalue weighted by atomic mass is 35.5. The van der Waals surface area contributed by atoms with Gasteiger partial charge in [-0.05, 0) is 75.1 Å². The van der Waals surface area contributed by atoms with E-state index in [2.05, 4.69) is 26.5 Å². The first kappa shape index (κ1) is 33.2. The van der Waals surface area contributed by atoms with E-state index in [9.17, 15) is 18.0 Å². The Morgan fingerprint density at radius 3 is 2.53 bits per heavy atom. The van der Waals surface area contributed by atoms with E-state index < -0.39 is 22.0 Å². The number of rotatable bonds is 12. The molecule has 0 saturated carbocycles. The van der Waals surface area contributed by atoms with Crippen molar-refractivity contribution in [2.24, 2.45) is 0 Å². The number of aromatic nitrogens is 2. The number of sulfonamides is 1. The van der Waals surface area contributed by atoms with Gasteiger partial charge in [-0.1, -0.05) is 35.3 Å². The van der Waals surface area contributed by atoms with E-state index in [1.807, 2.05) is 42.6 Å². The summed E-state index contributed by atoms with van der Waals surface area (Å²) < 4.78 is 36.9. The van der Waals surface area contributed by atoms with Gasteiger partial charge in [-0.2, -0.15) is 4.31 Å². The number of carbonyl (C=O) groups is 2. The maximum atomic E-state index is 13.9. The number of amides is 2. The third-order valence-electron chi connectivity index (χ3n) is 8.44. The lowest BCUT2D eigenvalue weighted by atomic mass is 10.1. The van der Waals surface area contributed by atoms with E-state index in [1.54, 1.807) is 18.2 Å². The van der Waals surface area contributed by atoms with Crippen molar-refractivity contribution in [3.05, 3.63) is 92.9 Å². The molecule has 2 amide bonds. The molecule has 2 aromatic heterocycles. The van der Waals surface area contributed by atoms with Crippen molar-refractivity contribution in [2.45, 2.75) is 56.8 Å². The van der Waals surface area contributed by atoms with Crippen molar-refractivity contribution < 1.29 is 22.7 Å². The number of hydrogen-bond donors (Lipinski definition) is 4. The zero-order valence-electron chi connectivity index (χ0n) is 25.8. The fourth-order valence-electron chi connectivity index (χ4n) is 5.62. The molecule has 4 heterocycles. The first-order chi connectivity index (χ1) is 22.6. The second-order valence-electron chi connectivity index (χ2n) is 11.5. The van der Waals surface area contributed by atoms with Crippen LogP contribution in [0.2, 0.25) is 10.0 Å². The van der Waals surface area contributed by atoms with Gasteiger partial charge in [0.25, 0.3) is 5.91 Å². The van der Waals surface area contributed by atoms with Gasteiger partial charge in [0, 0.05) is 47.7 Å². The van der Waals surface area contributed by atoms with Crippen molar-refractivity contribution in [1.82, 2.24) is 35.2 Å². The van der Waals surface area contributed by atoms with Gasteiger partial charge in [0.1, 0.15) is 23.7 Å². The number of ether oxygens (including phenoxy) is 1. The van der Waals surface area contributed by atoms with E-state index in [0.717, 1.165) is 17.0 Å². The van der Waals surface area contributed by atoms with Crippen LogP contribution in [-0.4, -0.2) is 59.6 Å². The highest BCUT2D eigenvalue weighted by Crippen LogP contribution is 2.36. The molecular formula is C32H35Cl2N7O5S. The number of fused-ring (bicyclic) bond motifs is 1. The predicted octanol–water partition coefficient (Wildman–Crippen LogP) is 4.03. The van der Waals surface area contributed by atoms with Crippen LogP contribution in [0.5, 0.6) is 5.75 Å². The van der Waals surface area contributed by atoms with E-state index in [4.69, 9.17) is 27.9 Å². The molecular weight excluding hydrogens is 665 g/mol. The molecule has 0 radical (unpaired) electrons. The second kappa shape index (κ2) is 13.8. The lowest BCUT2D eigenvalue weighted by Crippen LogP contribution is -2.46. The Balaban J connectivity index is 1.06. The van der Waals surface area contributed by atoms with E-state index >= 15 is 0 Å². The number of nitrogens with one attached hydrogen (secondary N) is 4. The number of aryl methyl sites for hydroxylation is 2. The molecule has 2 fully saturated rings. The summed E-state index contributed by atoms with van der Waals surface area (Å²) in [5.41, 5.74) is 10.3. The normalized spacial score (nSPS) is 16.8. The quantitative estimate of drug-likeness (QED) is 0.127. The van der Waals surface area contributed by atoms with Crippen LogP contribution in [0, 0.1) is 13.8 Å². The van der Waals surface area contributed by atoms with Gasteiger partial charge in [0.2, 0.25) is 15.9 Å². The van der Waals surface area contributed by atoms with Gasteiger partial charge < -0.3 is 19.8 Å². The fraction of sp³-hybridized carbons (Fsp3) is 0.344. The van der Waals surface area contributed by atoms with Crippen molar-refractivity contribution in [3.63, 3.8) is 0 Å². The van der Waals surface area contributed by atoms with Crippen molar-refractivity contribution in [2.75, 3.05) is 19.6 Å². The van der Waals surface area contributed by atoms with Gasteiger partial charge in [-0.15, -0.1) is 0 Å². The topological polar surface area (TPSA) is 166 Å². The van der Waals surface area contributed by atoms with Gasteiger partial charge in [-0.25, -0.2) is 24.3 Å². The summed E-state index contributed by atoms with van der Waals surface area (Å²) in [7, 11) is -4.16. The summed E-state index contributed by atoms with van der Waals surface area (Å²) in [6.45, 7) is 4.57. The molecule has 47 heavy (non-hydrogen) atoms. The maximum Gasteiger partial charge on any atom is 0.251 e. The minimum absolute atomic E-state index is 0.0579. The van der Waals surface area contributed by atoms with Crippen LogP contribution in [0.15, 0.2) is 59.6 Å². The Labute approximate surface area is 282 Å². The molecule has 2 saturated heterocycles. The van der Waals surface area contributed by atoms with Crippen LogP contribution in [0.3, 0.4) is 0 Å². The second-order valence-corrected chi connectivity index (χ2v) is 14.1. The molecule has 0 unspecified atom stereocenters. The number of carbonyl (C=O) groups excluding carboxylic acids is 2. The molecule has 2 aliphatic heterocycles. The summed E-state index contributed by atoms with van der Waals surface area (Å²) >= 11 is 13.2. The first-order valence-electron chi connectivity index (χ1n) is 15.3. The third kappa shape index (κ3) is 6.96. The number of halogens is 2. The number of hydrogen-bond acceptors (Lipinski definition) is 8. The smallest absolute Gasteiger partial charge is 0.251 e. The summed E-state index contributed by atoms with van der Waals surface area (Å²) in [6, 6.07) is 12.8. The molecule has 0 spiro atoms. The Hall–Kier alpha value is -3.72. The van der Waals surface area contributed by atoms with Crippen LogP contribution in [-0.2, 0) is 21.4 Å².